The molecule has 1 aliphatic rings. The van der Waals surface area contributed by atoms with Crippen LogP contribution in [-0.2, 0) is 11.3 Å². The van der Waals surface area contributed by atoms with E-state index in [0.29, 0.717) is 6.54 Å². The maximum absolute atomic E-state index is 12.2. The molecule has 1 N–H and O–H groups in total. The molecule has 4 heteroatoms. The molecule has 0 saturated carbocycles. The Balaban J connectivity index is 1.94. The third-order valence-corrected chi connectivity index (χ3v) is 3.33. The number of hydrogen-bond donors (Lipinski definition) is 1. The van der Waals surface area contributed by atoms with Crippen LogP contribution < -0.4 is 5.32 Å². The molecule has 2 rings (SSSR count). The van der Waals surface area contributed by atoms with Gasteiger partial charge in [-0.3, -0.25) is 9.78 Å². The zero-order valence-corrected chi connectivity index (χ0v) is 11.1. The summed E-state index contributed by atoms with van der Waals surface area (Å²) < 4.78 is 0. The maximum Gasteiger partial charge on any atom is 0.239 e. The molecule has 4 nitrogen and oxygen atoms in total. The van der Waals surface area contributed by atoms with E-state index in [-0.39, 0.29) is 11.9 Å². The van der Waals surface area contributed by atoms with Crippen molar-refractivity contribution >= 4 is 5.91 Å². The lowest BCUT2D eigenvalue weighted by Gasteiger charge is -2.27. The monoisotopic (exact) mass is 247 g/mol. The molecule has 1 fully saturated rings. The molecular weight excluding hydrogens is 226 g/mol. The fourth-order valence-electron chi connectivity index (χ4n) is 2.34. The largest absolute Gasteiger partial charge is 0.339 e. The van der Waals surface area contributed by atoms with Crippen LogP contribution in [0.25, 0.3) is 0 Å². The molecule has 1 aromatic rings. The molecule has 1 aliphatic heterocycles. The van der Waals surface area contributed by atoms with Gasteiger partial charge in [-0.2, -0.15) is 0 Å². The summed E-state index contributed by atoms with van der Waals surface area (Å²) in [4.78, 5) is 18.4. The molecule has 1 atom stereocenters. The molecule has 18 heavy (non-hydrogen) atoms. The zero-order valence-electron chi connectivity index (χ0n) is 11.1. The maximum atomic E-state index is 12.2. The number of carbonyl (C=O) groups excluding carboxylic acids is 1. The third kappa shape index (κ3) is 3.29. The minimum Gasteiger partial charge on any atom is -0.339 e. The second-order valence-electron chi connectivity index (χ2n) is 4.97. The molecule has 0 radical (unpaired) electrons. The van der Waals surface area contributed by atoms with E-state index in [0.717, 1.165) is 30.8 Å². The van der Waals surface area contributed by atoms with Gasteiger partial charge >= 0.3 is 0 Å². The lowest BCUT2D eigenvalue weighted by atomic mass is 10.0. The second kappa shape index (κ2) is 5.96. The molecule has 0 bridgehead atoms. The third-order valence-electron chi connectivity index (χ3n) is 3.33. The van der Waals surface area contributed by atoms with Crippen molar-refractivity contribution in [3.05, 3.63) is 29.6 Å². The fourth-order valence-corrected chi connectivity index (χ4v) is 2.34. The topological polar surface area (TPSA) is 45.2 Å². The van der Waals surface area contributed by atoms with Crippen LogP contribution in [0.4, 0.5) is 0 Å². The van der Waals surface area contributed by atoms with Crippen LogP contribution >= 0.6 is 0 Å². The Hall–Kier alpha value is -1.42. The fraction of sp³-hybridized carbons (Fsp3) is 0.571. The van der Waals surface area contributed by atoms with Crippen LogP contribution in [0.1, 0.15) is 30.7 Å². The first-order valence-electron chi connectivity index (χ1n) is 6.58. The molecule has 1 amide bonds. The van der Waals surface area contributed by atoms with Gasteiger partial charge < -0.3 is 10.2 Å². The van der Waals surface area contributed by atoms with E-state index in [2.05, 4.69) is 10.3 Å². The number of nitrogens with one attached hydrogen (secondary N) is 1. The molecule has 1 aromatic heterocycles. The van der Waals surface area contributed by atoms with Gasteiger partial charge in [0.1, 0.15) is 0 Å². The van der Waals surface area contributed by atoms with Crippen molar-refractivity contribution in [2.24, 2.45) is 0 Å². The van der Waals surface area contributed by atoms with Gasteiger partial charge in [-0.1, -0.05) is 12.5 Å². The zero-order chi connectivity index (χ0) is 13.0. The van der Waals surface area contributed by atoms with Gasteiger partial charge in [0.25, 0.3) is 0 Å². The highest BCUT2D eigenvalue weighted by Gasteiger charge is 2.23. The predicted molar refractivity (Wildman–Crippen MR) is 71.1 cm³/mol. The summed E-state index contributed by atoms with van der Waals surface area (Å²) in [5.74, 6) is 0.179. The first-order chi connectivity index (χ1) is 8.66. The van der Waals surface area contributed by atoms with Crippen molar-refractivity contribution in [2.75, 3.05) is 13.6 Å². The van der Waals surface area contributed by atoms with E-state index in [1.807, 2.05) is 32.2 Å². The lowest BCUT2D eigenvalue weighted by Crippen LogP contribution is -2.47. The molecule has 0 aliphatic carbocycles. The minimum atomic E-state index is -0.00596. The van der Waals surface area contributed by atoms with Crippen molar-refractivity contribution in [1.82, 2.24) is 15.2 Å². The SMILES string of the molecule is Cc1cccc(CN(C)C(=O)[C@H]2CCCCN2)n1. The van der Waals surface area contributed by atoms with Gasteiger partial charge in [0.15, 0.2) is 0 Å². The molecule has 0 unspecified atom stereocenters. The van der Waals surface area contributed by atoms with E-state index in [9.17, 15) is 4.79 Å². The van der Waals surface area contributed by atoms with Crippen LogP contribution in [0.2, 0.25) is 0 Å². The standard InChI is InChI=1S/C14H21N3O/c1-11-6-5-7-12(16-11)10-17(2)14(18)13-8-3-4-9-15-13/h5-7,13,15H,3-4,8-10H2,1-2H3/t13-/m1/s1. The van der Waals surface area contributed by atoms with Crippen molar-refractivity contribution in [2.45, 2.75) is 38.8 Å². The van der Waals surface area contributed by atoms with Gasteiger partial charge in [-0.25, -0.2) is 0 Å². The average molecular weight is 247 g/mol. The number of hydrogen-bond acceptors (Lipinski definition) is 3. The summed E-state index contributed by atoms with van der Waals surface area (Å²) in [6.45, 7) is 3.50. The summed E-state index contributed by atoms with van der Waals surface area (Å²) in [5, 5.41) is 3.29. The van der Waals surface area contributed by atoms with E-state index < -0.39 is 0 Å². The van der Waals surface area contributed by atoms with Crippen molar-refractivity contribution in [3.8, 4) is 0 Å². The summed E-state index contributed by atoms with van der Waals surface area (Å²) in [5.41, 5.74) is 1.94. The lowest BCUT2D eigenvalue weighted by molar-refractivity contribution is -0.133. The second-order valence-corrected chi connectivity index (χ2v) is 4.97. The molecular formula is C14H21N3O. The van der Waals surface area contributed by atoms with E-state index in [4.69, 9.17) is 0 Å². The van der Waals surface area contributed by atoms with Crippen LogP contribution in [-0.4, -0.2) is 35.4 Å². The van der Waals surface area contributed by atoms with E-state index in [1.54, 1.807) is 4.90 Å². The smallest absolute Gasteiger partial charge is 0.239 e. The Kier molecular flexibility index (Phi) is 4.31. The minimum absolute atomic E-state index is 0.00596. The van der Waals surface area contributed by atoms with E-state index >= 15 is 0 Å². The predicted octanol–water partition coefficient (Wildman–Crippen LogP) is 1.49. The van der Waals surface area contributed by atoms with Gasteiger partial charge in [0, 0.05) is 12.7 Å². The summed E-state index contributed by atoms with van der Waals surface area (Å²) in [6.07, 6.45) is 3.26. The number of amides is 1. The average Bonchev–Trinajstić information content (AvgIpc) is 2.39. The number of nitrogens with zero attached hydrogens (tertiary/aromatic N) is 2. The van der Waals surface area contributed by atoms with Crippen LogP contribution in [0.5, 0.6) is 0 Å². The summed E-state index contributed by atoms with van der Waals surface area (Å²) in [6, 6.07) is 5.90. The van der Waals surface area contributed by atoms with Crippen molar-refractivity contribution in [3.63, 3.8) is 0 Å². The first kappa shape index (κ1) is 13.0. The van der Waals surface area contributed by atoms with Gasteiger partial charge in [-0.15, -0.1) is 0 Å². The molecule has 1 saturated heterocycles. The number of likely N-dealkylation sites (N-methyl/N-ethyl adjacent to an activating group) is 1. The molecule has 0 aromatic carbocycles. The summed E-state index contributed by atoms with van der Waals surface area (Å²) in [7, 11) is 1.85. The van der Waals surface area contributed by atoms with Crippen molar-refractivity contribution in [1.29, 1.82) is 0 Å². The Bertz CT molecular complexity index is 413. The van der Waals surface area contributed by atoms with Crippen LogP contribution in [0.3, 0.4) is 0 Å². The number of carbonyl (C=O) groups is 1. The Morgan fingerprint density at radius 2 is 2.33 bits per heavy atom. The van der Waals surface area contributed by atoms with E-state index in [1.165, 1.54) is 6.42 Å². The molecule has 2 heterocycles. The normalized spacial score (nSPS) is 19.6. The van der Waals surface area contributed by atoms with Gasteiger partial charge in [0.05, 0.1) is 18.3 Å². The van der Waals surface area contributed by atoms with Gasteiger partial charge in [-0.05, 0) is 38.4 Å². The highest BCUT2D eigenvalue weighted by atomic mass is 16.2. The number of rotatable bonds is 3. The number of aromatic nitrogens is 1. The van der Waals surface area contributed by atoms with Crippen LogP contribution in [0, 0.1) is 6.92 Å². The Morgan fingerprint density at radius 1 is 1.50 bits per heavy atom. The van der Waals surface area contributed by atoms with Crippen LogP contribution in [0.15, 0.2) is 18.2 Å². The van der Waals surface area contributed by atoms with Crippen molar-refractivity contribution < 1.29 is 4.79 Å². The summed E-state index contributed by atoms with van der Waals surface area (Å²) >= 11 is 0. The number of aryl methyl sites for hydroxylation is 1. The Labute approximate surface area is 108 Å². The highest BCUT2D eigenvalue weighted by Crippen LogP contribution is 2.10. The van der Waals surface area contributed by atoms with Gasteiger partial charge in [0.2, 0.25) is 5.91 Å². The number of pyridine rings is 1. The molecule has 98 valence electrons. The first-order valence-corrected chi connectivity index (χ1v) is 6.58. The molecule has 0 spiro atoms. The quantitative estimate of drug-likeness (QED) is 0.880. The number of piperidine rings is 1. The Morgan fingerprint density at radius 3 is 3.00 bits per heavy atom. The highest BCUT2D eigenvalue weighted by molar-refractivity contribution is 5.81.